The normalized spacial score (nSPS) is 17.4. The molecule has 0 unspecified atom stereocenters. The molecule has 0 spiro atoms. The van der Waals surface area contributed by atoms with Gasteiger partial charge in [0.1, 0.15) is 17.2 Å². The van der Waals surface area contributed by atoms with Gasteiger partial charge in [0, 0.05) is 6.07 Å². The molecule has 6 heteroatoms. The molecule has 0 aliphatic carbocycles. The summed E-state index contributed by atoms with van der Waals surface area (Å²) in [6.45, 7) is 0. The van der Waals surface area contributed by atoms with Gasteiger partial charge >= 0.3 is 0 Å². The number of thiocarbonyl (C=S) groups is 1. The monoisotopic (exact) mass is 236 g/mol. The first-order valence-electron chi connectivity index (χ1n) is 4.41. The molecule has 16 heavy (non-hydrogen) atoms. The zero-order valence-electron chi connectivity index (χ0n) is 8.02. The van der Waals surface area contributed by atoms with Crippen LogP contribution in [0.2, 0.25) is 0 Å². The molecule has 0 bridgehead atoms. The zero-order valence-corrected chi connectivity index (χ0v) is 8.84. The number of benzene rings is 1. The van der Waals surface area contributed by atoms with Crippen LogP contribution in [0.3, 0.4) is 0 Å². The second-order valence-corrected chi connectivity index (χ2v) is 3.66. The van der Waals surface area contributed by atoms with Crippen molar-refractivity contribution in [2.24, 2.45) is 0 Å². The van der Waals surface area contributed by atoms with E-state index in [1.54, 1.807) is 0 Å². The van der Waals surface area contributed by atoms with Crippen molar-refractivity contribution >= 4 is 29.3 Å². The third kappa shape index (κ3) is 2.12. The minimum atomic E-state index is -0.340. The molecule has 1 aliphatic rings. The maximum Gasteiger partial charge on any atom is 0.273 e. The van der Waals surface area contributed by atoms with Crippen LogP contribution in [-0.4, -0.2) is 21.2 Å². The average Bonchev–Trinajstić information content (AvgIpc) is 2.43. The van der Waals surface area contributed by atoms with Crippen LogP contribution in [0.15, 0.2) is 23.9 Å². The van der Waals surface area contributed by atoms with Crippen LogP contribution < -0.4 is 10.6 Å². The lowest BCUT2D eigenvalue weighted by molar-refractivity contribution is -0.115. The Kier molecular flexibility index (Phi) is 2.49. The average molecular weight is 236 g/mol. The van der Waals surface area contributed by atoms with Gasteiger partial charge in [-0.05, 0) is 36.0 Å². The van der Waals surface area contributed by atoms with Crippen molar-refractivity contribution in [1.29, 1.82) is 0 Å². The summed E-state index contributed by atoms with van der Waals surface area (Å²) in [5, 5.41) is 23.8. The lowest BCUT2D eigenvalue weighted by Gasteiger charge is -1.99. The summed E-state index contributed by atoms with van der Waals surface area (Å²) in [5.41, 5.74) is 0.773. The number of aromatic hydroxyl groups is 2. The first-order valence-corrected chi connectivity index (χ1v) is 4.82. The highest BCUT2D eigenvalue weighted by Gasteiger charge is 2.19. The summed E-state index contributed by atoms with van der Waals surface area (Å²) >= 11 is 4.76. The Bertz CT molecular complexity index is 491. The van der Waals surface area contributed by atoms with Crippen LogP contribution in [-0.2, 0) is 4.79 Å². The van der Waals surface area contributed by atoms with E-state index in [1.165, 1.54) is 24.3 Å². The topological polar surface area (TPSA) is 81.6 Å². The van der Waals surface area contributed by atoms with E-state index in [-0.39, 0.29) is 28.2 Å². The number of hydrogen-bond acceptors (Lipinski definition) is 4. The Morgan fingerprint density at radius 3 is 2.25 bits per heavy atom. The number of carbonyl (C=O) groups is 1. The van der Waals surface area contributed by atoms with Crippen LogP contribution in [0.1, 0.15) is 5.56 Å². The van der Waals surface area contributed by atoms with E-state index in [2.05, 4.69) is 10.6 Å². The smallest absolute Gasteiger partial charge is 0.273 e. The molecule has 82 valence electrons. The van der Waals surface area contributed by atoms with Crippen molar-refractivity contribution in [2.75, 3.05) is 0 Å². The second kappa shape index (κ2) is 3.82. The molecule has 1 amide bonds. The number of phenolic OH excluding ortho intramolecular Hbond substituents is 2. The van der Waals surface area contributed by atoms with E-state index < -0.39 is 0 Å². The lowest BCUT2D eigenvalue weighted by Crippen LogP contribution is -2.21. The quantitative estimate of drug-likeness (QED) is 0.420. The Hall–Kier alpha value is -2.08. The minimum Gasteiger partial charge on any atom is -0.508 e. The molecule has 0 radical (unpaired) electrons. The molecule has 2 rings (SSSR count). The third-order valence-electron chi connectivity index (χ3n) is 1.96. The van der Waals surface area contributed by atoms with Gasteiger partial charge in [0.2, 0.25) is 0 Å². The van der Waals surface area contributed by atoms with Gasteiger partial charge in [0.25, 0.3) is 5.91 Å². The van der Waals surface area contributed by atoms with Crippen LogP contribution in [0.5, 0.6) is 11.5 Å². The predicted octanol–water partition coefficient (Wildman–Crippen LogP) is 0.443. The van der Waals surface area contributed by atoms with Crippen LogP contribution >= 0.6 is 12.2 Å². The molecule has 0 atom stereocenters. The van der Waals surface area contributed by atoms with Crippen molar-refractivity contribution in [3.63, 3.8) is 0 Å². The molecular weight excluding hydrogens is 228 g/mol. The number of amides is 1. The number of hydrogen-bond donors (Lipinski definition) is 4. The minimum absolute atomic E-state index is 0.0761. The van der Waals surface area contributed by atoms with Crippen molar-refractivity contribution in [2.45, 2.75) is 0 Å². The number of rotatable bonds is 1. The van der Waals surface area contributed by atoms with E-state index in [0.29, 0.717) is 5.56 Å². The fraction of sp³-hybridized carbons (Fsp3) is 0. The highest BCUT2D eigenvalue weighted by atomic mass is 32.1. The van der Waals surface area contributed by atoms with Crippen LogP contribution in [0.25, 0.3) is 6.08 Å². The van der Waals surface area contributed by atoms with Gasteiger partial charge < -0.3 is 15.5 Å². The van der Waals surface area contributed by atoms with Crippen LogP contribution in [0, 0.1) is 0 Å². The van der Waals surface area contributed by atoms with Crippen molar-refractivity contribution in [3.05, 3.63) is 29.5 Å². The molecule has 4 N–H and O–H groups in total. The predicted molar refractivity (Wildman–Crippen MR) is 61.6 cm³/mol. The first kappa shape index (κ1) is 10.4. The summed E-state index contributed by atoms with van der Waals surface area (Å²) in [7, 11) is 0. The molecule has 1 fully saturated rings. The molecule has 1 aromatic rings. The molecule has 1 aliphatic heterocycles. The summed E-state index contributed by atoms with van der Waals surface area (Å²) in [5.74, 6) is -0.492. The fourth-order valence-electron chi connectivity index (χ4n) is 1.35. The highest BCUT2D eigenvalue weighted by Crippen LogP contribution is 2.22. The number of nitrogens with one attached hydrogen (secondary N) is 2. The van der Waals surface area contributed by atoms with Gasteiger partial charge in [-0.2, -0.15) is 0 Å². The summed E-state index contributed by atoms with van der Waals surface area (Å²) in [6, 6.07) is 4.04. The summed E-state index contributed by atoms with van der Waals surface area (Å²) in [6.07, 6.45) is 1.48. The molecule has 1 aromatic carbocycles. The van der Waals surface area contributed by atoms with E-state index in [9.17, 15) is 15.0 Å². The van der Waals surface area contributed by atoms with Gasteiger partial charge in [-0.15, -0.1) is 0 Å². The molecular formula is C10H8N2O3S. The Morgan fingerprint density at radius 1 is 1.12 bits per heavy atom. The van der Waals surface area contributed by atoms with E-state index >= 15 is 0 Å². The third-order valence-corrected chi connectivity index (χ3v) is 2.16. The van der Waals surface area contributed by atoms with Gasteiger partial charge in [-0.3, -0.25) is 10.1 Å². The largest absolute Gasteiger partial charge is 0.508 e. The Labute approximate surface area is 96.4 Å². The van der Waals surface area contributed by atoms with E-state index in [4.69, 9.17) is 12.2 Å². The Balaban J connectivity index is 2.36. The standard InChI is InChI=1S/C10H8N2O3S/c13-6-1-5(2-7(14)4-6)3-8-9(15)12-10(16)11-8/h1-4,13-14H,(H2,11,12,15,16). The van der Waals surface area contributed by atoms with Crippen molar-refractivity contribution in [3.8, 4) is 11.5 Å². The van der Waals surface area contributed by atoms with Gasteiger partial charge in [0.15, 0.2) is 5.11 Å². The van der Waals surface area contributed by atoms with E-state index in [1.807, 2.05) is 0 Å². The molecule has 1 heterocycles. The Morgan fingerprint density at radius 2 is 1.75 bits per heavy atom. The summed E-state index contributed by atoms with van der Waals surface area (Å²) < 4.78 is 0. The van der Waals surface area contributed by atoms with Crippen LogP contribution in [0.4, 0.5) is 0 Å². The number of carbonyl (C=O) groups excluding carboxylic acids is 1. The molecule has 1 saturated heterocycles. The number of phenols is 2. The maximum atomic E-state index is 11.3. The SMILES string of the molecule is O=C1NC(=S)NC1=Cc1cc(O)cc(O)c1. The zero-order chi connectivity index (χ0) is 11.7. The van der Waals surface area contributed by atoms with Crippen molar-refractivity contribution < 1.29 is 15.0 Å². The second-order valence-electron chi connectivity index (χ2n) is 3.25. The van der Waals surface area contributed by atoms with Crippen molar-refractivity contribution in [1.82, 2.24) is 10.6 Å². The molecule has 0 aromatic heterocycles. The molecule has 5 nitrogen and oxygen atoms in total. The first-order chi connectivity index (χ1) is 7.54. The van der Waals surface area contributed by atoms with Gasteiger partial charge in [0.05, 0.1) is 0 Å². The lowest BCUT2D eigenvalue weighted by atomic mass is 10.1. The van der Waals surface area contributed by atoms with Gasteiger partial charge in [-0.25, -0.2) is 0 Å². The summed E-state index contributed by atoms with van der Waals surface area (Å²) in [4.78, 5) is 11.3. The highest BCUT2D eigenvalue weighted by molar-refractivity contribution is 7.80. The fourth-order valence-corrected chi connectivity index (χ4v) is 1.55. The van der Waals surface area contributed by atoms with Gasteiger partial charge in [-0.1, -0.05) is 0 Å². The van der Waals surface area contributed by atoms with E-state index in [0.717, 1.165) is 0 Å². The molecule has 0 saturated carbocycles. The maximum absolute atomic E-state index is 11.3.